The van der Waals surface area contributed by atoms with Gasteiger partial charge in [0.25, 0.3) is 5.56 Å². The van der Waals surface area contributed by atoms with E-state index in [1.54, 1.807) is 30.1 Å². The van der Waals surface area contributed by atoms with Crippen molar-refractivity contribution < 1.29 is 9.47 Å². The van der Waals surface area contributed by atoms with E-state index in [1.165, 1.54) is 0 Å². The lowest BCUT2D eigenvalue weighted by molar-refractivity contribution is 0.127. The number of hydrogen-bond donors (Lipinski definition) is 1. The SMILES string of the molecule is CCCOCCn1c(=O)c(NCCCCN(C)CCC)nc2ncc(-c3ccc(OC)nc3)cc21. The molecule has 0 atom stereocenters. The molecule has 0 saturated heterocycles. The van der Waals surface area contributed by atoms with E-state index in [0.717, 1.165) is 49.9 Å². The topological polar surface area (TPSA) is 94.4 Å². The summed E-state index contributed by atoms with van der Waals surface area (Å²) < 4.78 is 12.5. The third-order valence-corrected chi connectivity index (χ3v) is 5.75. The van der Waals surface area contributed by atoms with Gasteiger partial charge in [0, 0.05) is 49.3 Å². The molecule has 190 valence electrons. The lowest BCUT2D eigenvalue weighted by atomic mass is 10.1. The Hall–Kier alpha value is -3.04. The zero-order valence-electron chi connectivity index (χ0n) is 21.4. The Morgan fingerprint density at radius 1 is 1.03 bits per heavy atom. The molecule has 3 rings (SSSR count). The maximum absolute atomic E-state index is 13.4. The van der Waals surface area contributed by atoms with Crippen LogP contribution < -0.4 is 15.6 Å². The second kappa shape index (κ2) is 13.7. The molecule has 0 saturated carbocycles. The Labute approximate surface area is 207 Å². The Morgan fingerprint density at radius 2 is 1.86 bits per heavy atom. The van der Waals surface area contributed by atoms with Crippen molar-refractivity contribution in [1.82, 2.24) is 24.4 Å². The molecule has 1 N–H and O–H groups in total. The fourth-order valence-electron chi connectivity index (χ4n) is 3.90. The van der Waals surface area contributed by atoms with Gasteiger partial charge in [-0.3, -0.25) is 9.36 Å². The predicted molar refractivity (Wildman–Crippen MR) is 140 cm³/mol. The number of pyridine rings is 2. The van der Waals surface area contributed by atoms with Gasteiger partial charge in [0.05, 0.1) is 19.2 Å². The first-order valence-corrected chi connectivity index (χ1v) is 12.5. The highest BCUT2D eigenvalue weighted by atomic mass is 16.5. The molecular formula is C26H38N6O3. The molecule has 0 aliphatic carbocycles. The molecule has 0 amide bonds. The highest BCUT2D eigenvalue weighted by Gasteiger charge is 2.13. The number of nitrogens with one attached hydrogen (secondary N) is 1. The van der Waals surface area contributed by atoms with Crippen molar-refractivity contribution in [2.45, 2.75) is 46.1 Å². The molecule has 3 aromatic rings. The van der Waals surface area contributed by atoms with Crippen molar-refractivity contribution in [3.63, 3.8) is 0 Å². The molecule has 9 nitrogen and oxygen atoms in total. The average Bonchev–Trinajstić information content (AvgIpc) is 2.88. The number of rotatable bonds is 15. The molecule has 3 heterocycles. The maximum Gasteiger partial charge on any atom is 0.293 e. The third kappa shape index (κ3) is 7.47. The molecule has 0 bridgehead atoms. The van der Waals surface area contributed by atoms with E-state index in [0.29, 0.717) is 49.2 Å². The number of nitrogens with zero attached hydrogens (tertiary/aromatic N) is 5. The standard InChI is InChI=1S/C26H38N6O3/c1-5-12-31(3)13-8-7-11-27-25-26(33)32(14-16-35-15-6-2)22-17-21(19-29-24(22)30-25)20-9-10-23(34-4)28-18-20/h9-10,17-19H,5-8,11-16H2,1-4H3,(H,27,29,30). The molecule has 0 radical (unpaired) electrons. The Morgan fingerprint density at radius 3 is 2.57 bits per heavy atom. The van der Waals surface area contributed by atoms with Crippen LogP contribution in [0, 0.1) is 0 Å². The number of methoxy groups -OCH3 is 1. The number of hydrogen-bond acceptors (Lipinski definition) is 8. The van der Waals surface area contributed by atoms with Crippen molar-refractivity contribution in [2.75, 3.05) is 52.3 Å². The van der Waals surface area contributed by atoms with Gasteiger partial charge in [-0.15, -0.1) is 0 Å². The minimum Gasteiger partial charge on any atom is -0.481 e. The van der Waals surface area contributed by atoms with Crippen LogP contribution in [0.2, 0.25) is 0 Å². The summed E-state index contributed by atoms with van der Waals surface area (Å²) in [4.78, 5) is 29.1. The number of unbranched alkanes of at least 4 members (excludes halogenated alkanes) is 1. The summed E-state index contributed by atoms with van der Waals surface area (Å²) in [5.74, 6) is 0.878. The van der Waals surface area contributed by atoms with Gasteiger partial charge in [0.1, 0.15) is 0 Å². The number of ether oxygens (including phenoxy) is 2. The average molecular weight is 483 g/mol. The van der Waals surface area contributed by atoms with Gasteiger partial charge in [0.2, 0.25) is 5.88 Å². The van der Waals surface area contributed by atoms with Gasteiger partial charge in [0.15, 0.2) is 11.5 Å². The van der Waals surface area contributed by atoms with Gasteiger partial charge < -0.3 is 19.7 Å². The Balaban J connectivity index is 1.83. The molecule has 3 aromatic heterocycles. The molecule has 0 unspecified atom stereocenters. The van der Waals surface area contributed by atoms with Crippen molar-refractivity contribution in [1.29, 1.82) is 0 Å². The second-order valence-corrected chi connectivity index (χ2v) is 8.62. The smallest absolute Gasteiger partial charge is 0.293 e. The van der Waals surface area contributed by atoms with E-state index < -0.39 is 0 Å². The van der Waals surface area contributed by atoms with Gasteiger partial charge in [-0.25, -0.2) is 15.0 Å². The molecule has 0 aliphatic heterocycles. The van der Waals surface area contributed by atoms with Crippen molar-refractivity contribution in [3.05, 3.63) is 40.9 Å². The fraction of sp³-hybridized carbons (Fsp3) is 0.538. The summed E-state index contributed by atoms with van der Waals surface area (Å²) in [7, 11) is 3.73. The monoisotopic (exact) mass is 482 g/mol. The molecule has 0 aromatic carbocycles. The van der Waals surface area contributed by atoms with Crippen LogP contribution in [0.15, 0.2) is 35.4 Å². The second-order valence-electron chi connectivity index (χ2n) is 8.62. The first-order chi connectivity index (χ1) is 17.1. The number of aromatic nitrogens is 4. The van der Waals surface area contributed by atoms with E-state index in [-0.39, 0.29) is 5.56 Å². The highest BCUT2D eigenvalue weighted by molar-refractivity contribution is 5.78. The van der Waals surface area contributed by atoms with E-state index in [4.69, 9.17) is 9.47 Å². The van der Waals surface area contributed by atoms with Crippen molar-refractivity contribution in [3.8, 4) is 17.0 Å². The quantitative estimate of drug-likeness (QED) is 0.327. The van der Waals surface area contributed by atoms with Crippen molar-refractivity contribution >= 4 is 17.0 Å². The van der Waals surface area contributed by atoms with Crippen LogP contribution in [0.1, 0.15) is 39.5 Å². The minimum atomic E-state index is -0.160. The van der Waals surface area contributed by atoms with Crippen molar-refractivity contribution in [2.24, 2.45) is 0 Å². The van der Waals surface area contributed by atoms with E-state index in [1.807, 2.05) is 12.1 Å². The predicted octanol–water partition coefficient (Wildman–Crippen LogP) is 3.82. The Bertz CT molecular complexity index is 1120. The number of fused-ring (bicyclic) bond motifs is 1. The van der Waals surface area contributed by atoms with Crippen LogP contribution >= 0.6 is 0 Å². The van der Waals surface area contributed by atoms with Crippen LogP contribution in [0.4, 0.5) is 5.82 Å². The Kier molecular flexibility index (Phi) is 10.4. The van der Waals surface area contributed by atoms with E-state index in [2.05, 4.69) is 46.1 Å². The van der Waals surface area contributed by atoms with Gasteiger partial charge >= 0.3 is 0 Å². The molecular weight excluding hydrogens is 444 g/mol. The largest absolute Gasteiger partial charge is 0.481 e. The molecule has 35 heavy (non-hydrogen) atoms. The highest BCUT2D eigenvalue weighted by Crippen LogP contribution is 2.23. The van der Waals surface area contributed by atoms with Crippen LogP contribution in [0.25, 0.3) is 22.3 Å². The molecule has 9 heteroatoms. The molecule has 0 fully saturated rings. The molecule has 0 aliphatic rings. The van der Waals surface area contributed by atoms with Gasteiger partial charge in [-0.05, 0) is 58.0 Å². The third-order valence-electron chi connectivity index (χ3n) is 5.75. The minimum absolute atomic E-state index is 0.160. The maximum atomic E-state index is 13.4. The van der Waals surface area contributed by atoms with Gasteiger partial charge in [-0.1, -0.05) is 13.8 Å². The summed E-state index contributed by atoms with van der Waals surface area (Å²) in [5.41, 5.74) is 2.78. The van der Waals surface area contributed by atoms with E-state index >= 15 is 0 Å². The lowest BCUT2D eigenvalue weighted by Crippen LogP contribution is -2.28. The number of anilines is 1. The van der Waals surface area contributed by atoms with Gasteiger partial charge in [-0.2, -0.15) is 0 Å². The first-order valence-electron chi connectivity index (χ1n) is 12.5. The molecule has 0 spiro atoms. The van der Waals surface area contributed by atoms with Crippen LogP contribution in [0.5, 0.6) is 5.88 Å². The van der Waals surface area contributed by atoms with Crippen LogP contribution in [-0.2, 0) is 11.3 Å². The summed E-state index contributed by atoms with van der Waals surface area (Å²) in [5, 5.41) is 3.24. The zero-order chi connectivity index (χ0) is 25.0. The first kappa shape index (κ1) is 26.6. The van der Waals surface area contributed by atoms with Crippen LogP contribution in [0.3, 0.4) is 0 Å². The zero-order valence-corrected chi connectivity index (χ0v) is 21.4. The fourth-order valence-corrected chi connectivity index (χ4v) is 3.90. The summed E-state index contributed by atoms with van der Waals surface area (Å²) in [6.07, 6.45) is 7.60. The lowest BCUT2D eigenvalue weighted by Gasteiger charge is -2.16. The summed E-state index contributed by atoms with van der Waals surface area (Å²) >= 11 is 0. The summed E-state index contributed by atoms with van der Waals surface area (Å²) in [6.45, 7) is 8.63. The normalized spacial score (nSPS) is 11.3. The van der Waals surface area contributed by atoms with E-state index in [9.17, 15) is 4.79 Å². The van der Waals surface area contributed by atoms with Crippen LogP contribution in [-0.4, -0.2) is 71.4 Å². The summed E-state index contributed by atoms with van der Waals surface area (Å²) in [6, 6.07) is 5.66.